The standard InChI is InChI=1S/C15H26O2/c1-11-6-15(10-16-11)7-12(15)4-5-13-8-14(2,3)9-17-13/h11-13H,4-10H2,1-3H3/t11-,12?,13+,15?/m0/s1. The van der Waals surface area contributed by atoms with Gasteiger partial charge in [-0.15, -0.1) is 0 Å². The SMILES string of the molecule is C[C@H]1CC2(CO1)CC2CC[C@@H]1CC(C)(C)CO1. The first-order valence-electron chi connectivity index (χ1n) is 7.22. The summed E-state index contributed by atoms with van der Waals surface area (Å²) in [7, 11) is 0. The van der Waals surface area contributed by atoms with Crippen molar-refractivity contribution in [1.82, 2.24) is 0 Å². The van der Waals surface area contributed by atoms with Gasteiger partial charge in [-0.05, 0) is 55.8 Å². The van der Waals surface area contributed by atoms with Gasteiger partial charge in [-0.25, -0.2) is 0 Å². The quantitative estimate of drug-likeness (QED) is 0.750. The lowest BCUT2D eigenvalue weighted by atomic mass is 9.89. The van der Waals surface area contributed by atoms with Crippen LogP contribution < -0.4 is 0 Å². The van der Waals surface area contributed by atoms with Gasteiger partial charge in [-0.1, -0.05) is 13.8 Å². The van der Waals surface area contributed by atoms with Gasteiger partial charge in [0.05, 0.1) is 25.4 Å². The van der Waals surface area contributed by atoms with E-state index in [1.807, 2.05) is 0 Å². The second-order valence-electron chi connectivity index (χ2n) is 7.47. The molecule has 3 aliphatic rings. The van der Waals surface area contributed by atoms with Crippen LogP contribution in [0.2, 0.25) is 0 Å². The summed E-state index contributed by atoms with van der Waals surface area (Å²) in [6, 6.07) is 0. The highest BCUT2D eigenvalue weighted by Crippen LogP contribution is 2.61. The number of ether oxygens (including phenoxy) is 2. The third-order valence-corrected chi connectivity index (χ3v) is 5.04. The highest BCUT2D eigenvalue weighted by Gasteiger charge is 2.57. The summed E-state index contributed by atoms with van der Waals surface area (Å²) in [6.07, 6.45) is 7.62. The molecule has 17 heavy (non-hydrogen) atoms. The molecule has 98 valence electrons. The Hall–Kier alpha value is -0.0800. The van der Waals surface area contributed by atoms with Crippen molar-refractivity contribution in [1.29, 1.82) is 0 Å². The molecule has 3 fully saturated rings. The summed E-state index contributed by atoms with van der Waals surface area (Å²) >= 11 is 0. The predicted molar refractivity (Wildman–Crippen MR) is 67.9 cm³/mol. The van der Waals surface area contributed by atoms with Crippen LogP contribution in [-0.4, -0.2) is 25.4 Å². The lowest BCUT2D eigenvalue weighted by molar-refractivity contribution is 0.0895. The molecule has 2 saturated heterocycles. The van der Waals surface area contributed by atoms with Gasteiger partial charge in [0.15, 0.2) is 0 Å². The minimum Gasteiger partial charge on any atom is -0.378 e. The molecule has 3 rings (SSSR count). The van der Waals surface area contributed by atoms with Crippen molar-refractivity contribution in [3.05, 3.63) is 0 Å². The Morgan fingerprint density at radius 3 is 2.41 bits per heavy atom. The third kappa shape index (κ3) is 2.39. The molecule has 0 aromatic rings. The first kappa shape index (κ1) is 12.0. The number of hydrogen-bond donors (Lipinski definition) is 0. The summed E-state index contributed by atoms with van der Waals surface area (Å²) in [5, 5.41) is 0. The van der Waals surface area contributed by atoms with E-state index in [1.54, 1.807) is 0 Å². The zero-order valence-electron chi connectivity index (χ0n) is 11.5. The highest BCUT2D eigenvalue weighted by molar-refractivity contribution is 5.05. The first-order valence-corrected chi connectivity index (χ1v) is 7.22. The van der Waals surface area contributed by atoms with Crippen LogP contribution in [0.1, 0.15) is 52.9 Å². The van der Waals surface area contributed by atoms with Gasteiger partial charge in [0, 0.05) is 0 Å². The average molecular weight is 238 g/mol. The summed E-state index contributed by atoms with van der Waals surface area (Å²) in [5.41, 5.74) is 1.00. The minimum absolute atomic E-state index is 0.414. The van der Waals surface area contributed by atoms with Gasteiger partial charge < -0.3 is 9.47 Å². The molecule has 2 heteroatoms. The molecule has 0 radical (unpaired) electrons. The van der Waals surface area contributed by atoms with E-state index < -0.39 is 0 Å². The third-order valence-electron chi connectivity index (χ3n) is 5.04. The number of hydrogen-bond acceptors (Lipinski definition) is 2. The maximum Gasteiger partial charge on any atom is 0.0581 e. The van der Waals surface area contributed by atoms with E-state index in [1.165, 1.54) is 32.1 Å². The van der Waals surface area contributed by atoms with Crippen LogP contribution in [0.3, 0.4) is 0 Å². The fourth-order valence-electron chi connectivity index (χ4n) is 3.92. The Labute approximate surface area is 105 Å². The number of rotatable bonds is 3. The molecular weight excluding hydrogens is 212 g/mol. The summed E-state index contributed by atoms with van der Waals surface area (Å²) < 4.78 is 11.6. The van der Waals surface area contributed by atoms with E-state index in [9.17, 15) is 0 Å². The first-order chi connectivity index (χ1) is 7.99. The van der Waals surface area contributed by atoms with Gasteiger partial charge in [-0.2, -0.15) is 0 Å². The fourth-order valence-corrected chi connectivity index (χ4v) is 3.92. The molecule has 2 heterocycles. The topological polar surface area (TPSA) is 18.5 Å². The molecule has 2 unspecified atom stereocenters. The van der Waals surface area contributed by atoms with Gasteiger partial charge in [0.25, 0.3) is 0 Å². The molecule has 2 aliphatic heterocycles. The molecule has 4 atom stereocenters. The Balaban J connectivity index is 1.42. The van der Waals surface area contributed by atoms with Crippen molar-refractivity contribution in [3.63, 3.8) is 0 Å². The van der Waals surface area contributed by atoms with Crippen molar-refractivity contribution in [2.75, 3.05) is 13.2 Å². The molecule has 0 amide bonds. The zero-order valence-corrected chi connectivity index (χ0v) is 11.5. The molecule has 0 aromatic heterocycles. The van der Waals surface area contributed by atoms with Crippen molar-refractivity contribution < 1.29 is 9.47 Å². The molecule has 2 nitrogen and oxygen atoms in total. The van der Waals surface area contributed by atoms with E-state index in [2.05, 4.69) is 20.8 Å². The van der Waals surface area contributed by atoms with Crippen LogP contribution in [0.5, 0.6) is 0 Å². The van der Waals surface area contributed by atoms with Crippen molar-refractivity contribution >= 4 is 0 Å². The van der Waals surface area contributed by atoms with Crippen molar-refractivity contribution in [2.45, 2.75) is 65.1 Å². The second kappa shape index (κ2) is 3.96. The van der Waals surface area contributed by atoms with Gasteiger partial charge in [-0.3, -0.25) is 0 Å². The predicted octanol–water partition coefficient (Wildman–Crippen LogP) is 3.40. The van der Waals surface area contributed by atoms with Gasteiger partial charge >= 0.3 is 0 Å². The molecule has 1 aliphatic carbocycles. The van der Waals surface area contributed by atoms with Crippen molar-refractivity contribution in [3.8, 4) is 0 Å². The molecule has 0 aromatic carbocycles. The van der Waals surface area contributed by atoms with Gasteiger partial charge in [0.2, 0.25) is 0 Å². The van der Waals surface area contributed by atoms with Gasteiger partial charge in [0.1, 0.15) is 0 Å². The Kier molecular flexibility index (Phi) is 2.79. The van der Waals surface area contributed by atoms with Crippen LogP contribution in [0.4, 0.5) is 0 Å². The molecular formula is C15H26O2. The summed E-state index contributed by atoms with van der Waals surface area (Å²) in [6.45, 7) is 8.83. The van der Waals surface area contributed by atoms with E-state index in [4.69, 9.17) is 9.47 Å². The van der Waals surface area contributed by atoms with Crippen LogP contribution in [0.25, 0.3) is 0 Å². The lowest BCUT2D eigenvalue weighted by Crippen LogP contribution is -2.11. The van der Waals surface area contributed by atoms with E-state index in [-0.39, 0.29) is 0 Å². The fraction of sp³-hybridized carbons (Fsp3) is 1.00. The monoisotopic (exact) mass is 238 g/mol. The Morgan fingerprint density at radius 2 is 1.82 bits per heavy atom. The maximum atomic E-state index is 5.89. The molecule has 0 bridgehead atoms. The van der Waals surface area contributed by atoms with E-state index in [0.717, 1.165) is 19.1 Å². The summed E-state index contributed by atoms with van der Waals surface area (Å²) in [4.78, 5) is 0. The Morgan fingerprint density at radius 1 is 1.00 bits per heavy atom. The second-order valence-corrected chi connectivity index (χ2v) is 7.47. The zero-order chi connectivity index (χ0) is 12.1. The van der Waals surface area contributed by atoms with Crippen LogP contribution >= 0.6 is 0 Å². The smallest absolute Gasteiger partial charge is 0.0581 e. The molecule has 1 spiro atoms. The van der Waals surface area contributed by atoms with Crippen LogP contribution in [0, 0.1) is 16.7 Å². The van der Waals surface area contributed by atoms with Crippen LogP contribution in [0.15, 0.2) is 0 Å². The maximum absolute atomic E-state index is 5.89. The summed E-state index contributed by atoms with van der Waals surface area (Å²) in [5.74, 6) is 0.930. The lowest BCUT2D eigenvalue weighted by Gasteiger charge is -2.14. The normalized spacial score (nSPS) is 47.8. The largest absolute Gasteiger partial charge is 0.378 e. The van der Waals surface area contributed by atoms with Crippen LogP contribution in [-0.2, 0) is 9.47 Å². The van der Waals surface area contributed by atoms with E-state index in [0.29, 0.717) is 23.0 Å². The van der Waals surface area contributed by atoms with E-state index >= 15 is 0 Å². The molecule has 1 saturated carbocycles. The molecule has 0 N–H and O–H groups in total. The van der Waals surface area contributed by atoms with Crippen molar-refractivity contribution in [2.24, 2.45) is 16.7 Å². The minimum atomic E-state index is 0.414. The Bertz CT molecular complexity index is 299. The average Bonchev–Trinajstić information content (AvgIpc) is 2.56. The highest BCUT2D eigenvalue weighted by atomic mass is 16.5.